The summed E-state index contributed by atoms with van der Waals surface area (Å²) in [7, 11) is 1.61. The molecule has 1 aromatic carbocycles. The Labute approximate surface area is 131 Å². The summed E-state index contributed by atoms with van der Waals surface area (Å²) in [5.41, 5.74) is 8.38. The zero-order valence-electron chi connectivity index (χ0n) is 13.0. The largest absolute Gasteiger partial charge is 0.493 e. The van der Waals surface area contributed by atoms with Crippen molar-refractivity contribution in [2.75, 3.05) is 26.2 Å². The van der Waals surface area contributed by atoms with Gasteiger partial charge in [0.2, 0.25) is 0 Å². The van der Waals surface area contributed by atoms with Crippen LogP contribution in [0.3, 0.4) is 0 Å². The van der Waals surface area contributed by atoms with Crippen LogP contribution in [0, 0.1) is 0 Å². The van der Waals surface area contributed by atoms with Gasteiger partial charge in [0, 0.05) is 31.1 Å². The van der Waals surface area contributed by atoms with Gasteiger partial charge in [0.25, 0.3) is 0 Å². The lowest BCUT2D eigenvalue weighted by molar-refractivity contribution is -0.0667. The van der Waals surface area contributed by atoms with E-state index in [0.29, 0.717) is 6.61 Å². The van der Waals surface area contributed by atoms with Crippen molar-refractivity contribution in [3.63, 3.8) is 0 Å². The molecule has 0 aliphatic rings. The maximum Gasteiger partial charge on any atom is 0.147 e. The molecule has 0 saturated heterocycles. The summed E-state index contributed by atoms with van der Waals surface area (Å²) in [6, 6.07) is 11.4. The maximum atomic E-state index is 5.66. The molecular formula is C17H22N2O3. The molecule has 118 valence electrons. The van der Waals surface area contributed by atoms with E-state index in [9.17, 15) is 0 Å². The molecule has 0 amide bonds. The first kappa shape index (κ1) is 16.3. The van der Waals surface area contributed by atoms with Gasteiger partial charge >= 0.3 is 0 Å². The lowest BCUT2D eigenvalue weighted by Gasteiger charge is -2.12. The van der Waals surface area contributed by atoms with Crippen LogP contribution in [0.4, 0.5) is 5.69 Å². The minimum atomic E-state index is -0.0347. The third-order valence-corrected chi connectivity index (χ3v) is 3.26. The van der Waals surface area contributed by atoms with Crippen LogP contribution in [0.2, 0.25) is 0 Å². The Morgan fingerprint density at radius 3 is 2.55 bits per heavy atom. The van der Waals surface area contributed by atoms with Gasteiger partial charge in [-0.2, -0.15) is 0 Å². The van der Waals surface area contributed by atoms with E-state index in [2.05, 4.69) is 4.98 Å². The summed E-state index contributed by atoms with van der Waals surface area (Å²) in [5, 5.41) is 0. The standard InChI is InChI=1S/C17H22N2O3/c1-13(22-12-20-2)14-3-6-16(19-11-14)9-10-21-17-7-4-15(18)5-8-17/h3-8,11,13H,9-10,12,18H2,1-2H3. The van der Waals surface area contributed by atoms with Gasteiger partial charge in [-0.1, -0.05) is 6.07 Å². The summed E-state index contributed by atoms with van der Waals surface area (Å²) in [4.78, 5) is 4.43. The smallest absolute Gasteiger partial charge is 0.147 e. The molecule has 1 unspecified atom stereocenters. The van der Waals surface area contributed by atoms with E-state index in [-0.39, 0.29) is 12.9 Å². The van der Waals surface area contributed by atoms with Gasteiger partial charge in [0.15, 0.2) is 0 Å². The Hall–Kier alpha value is -2.11. The topological polar surface area (TPSA) is 66.6 Å². The number of methoxy groups -OCH3 is 1. The fraction of sp³-hybridized carbons (Fsp3) is 0.353. The lowest BCUT2D eigenvalue weighted by Crippen LogP contribution is -2.06. The number of nitrogen functional groups attached to an aromatic ring is 1. The fourth-order valence-corrected chi connectivity index (χ4v) is 1.93. The number of nitrogens with two attached hydrogens (primary N) is 1. The molecule has 0 aliphatic carbocycles. The highest BCUT2D eigenvalue weighted by Gasteiger charge is 2.06. The average molecular weight is 302 g/mol. The second-order valence-electron chi connectivity index (χ2n) is 4.97. The minimum Gasteiger partial charge on any atom is -0.493 e. The minimum absolute atomic E-state index is 0.0347. The molecule has 0 radical (unpaired) electrons. The van der Waals surface area contributed by atoms with Gasteiger partial charge in [0.1, 0.15) is 12.5 Å². The number of ether oxygens (including phenoxy) is 3. The molecule has 1 aromatic heterocycles. The first-order chi connectivity index (χ1) is 10.7. The van der Waals surface area contributed by atoms with Gasteiger partial charge in [0.05, 0.1) is 12.7 Å². The van der Waals surface area contributed by atoms with Crippen LogP contribution < -0.4 is 10.5 Å². The molecule has 5 nitrogen and oxygen atoms in total. The number of nitrogens with zero attached hydrogens (tertiary/aromatic N) is 1. The third-order valence-electron chi connectivity index (χ3n) is 3.26. The van der Waals surface area contributed by atoms with E-state index >= 15 is 0 Å². The van der Waals surface area contributed by atoms with Gasteiger partial charge in [-0.3, -0.25) is 4.98 Å². The maximum absolute atomic E-state index is 5.66. The molecule has 0 spiro atoms. The Bertz CT molecular complexity index is 555. The number of hydrogen-bond donors (Lipinski definition) is 1. The normalized spacial score (nSPS) is 12.1. The predicted octanol–water partition coefficient (Wildman–Crippen LogP) is 2.97. The fourth-order valence-electron chi connectivity index (χ4n) is 1.93. The molecule has 0 saturated carbocycles. The molecule has 0 aliphatic heterocycles. The van der Waals surface area contributed by atoms with Gasteiger partial charge < -0.3 is 19.9 Å². The van der Waals surface area contributed by atoms with Gasteiger partial charge in [-0.25, -0.2) is 0 Å². The first-order valence-electron chi connectivity index (χ1n) is 7.22. The van der Waals surface area contributed by atoms with E-state index in [1.54, 1.807) is 7.11 Å². The van der Waals surface area contributed by atoms with E-state index in [0.717, 1.165) is 29.1 Å². The van der Waals surface area contributed by atoms with Crippen LogP contribution in [-0.2, 0) is 15.9 Å². The van der Waals surface area contributed by atoms with Gasteiger partial charge in [-0.15, -0.1) is 0 Å². The van der Waals surface area contributed by atoms with Crippen molar-refractivity contribution in [3.05, 3.63) is 53.9 Å². The summed E-state index contributed by atoms with van der Waals surface area (Å²) in [6.07, 6.45) is 2.55. The van der Waals surface area contributed by atoms with Crippen LogP contribution in [0.5, 0.6) is 5.75 Å². The zero-order chi connectivity index (χ0) is 15.8. The second-order valence-corrected chi connectivity index (χ2v) is 4.97. The van der Waals surface area contributed by atoms with Crippen molar-refractivity contribution in [2.45, 2.75) is 19.4 Å². The molecule has 2 aromatic rings. The Morgan fingerprint density at radius 2 is 1.91 bits per heavy atom. The quantitative estimate of drug-likeness (QED) is 0.600. The van der Waals surface area contributed by atoms with E-state index in [1.807, 2.05) is 49.5 Å². The summed E-state index contributed by atoms with van der Waals surface area (Å²) >= 11 is 0. The number of anilines is 1. The lowest BCUT2D eigenvalue weighted by atomic mass is 10.1. The van der Waals surface area contributed by atoms with Crippen LogP contribution in [-0.4, -0.2) is 25.5 Å². The molecule has 5 heteroatoms. The number of rotatable bonds is 8. The van der Waals surface area contributed by atoms with Crippen LogP contribution in [0.15, 0.2) is 42.6 Å². The predicted molar refractivity (Wildman–Crippen MR) is 85.7 cm³/mol. The van der Waals surface area contributed by atoms with Crippen molar-refractivity contribution in [2.24, 2.45) is 0 Å². The summed E-state index contributed by atoms with van der Waals surface area (Å²) < 4.78 is 16.0. The van der Waals surface area contributed by atoms with E-state index in [1.165, 1.54) is 0 Å². The highest BCUT2D eigenvalue weighted by molar-refractivity contribution is 5.41. The van der Waals surface area contributed by atoms with Crippen LogP contribution in [0.25, 0.3) is 0 Å². The second kappa shape index (κ2) is 8.36. The summed E-state index contributed by atoms with van der Waals surface area (Å²) in [6.45, 7) is 2.82. The van der Waals surface area contributed by atoms with Crippen LogP contribution in [0.1, 0.15) is 24.3 Å². The Morgan fingerprint density at radius 1 is 1.14 bits per heavy atom. The van der Waals surface area contributed by atoms with Crippen molar-refractivity contribution in [1.29, 1.82) is 0 Å². The SMILES string of the molecule is COCOC(C)c1ccc(CCOc2ccc(N)cc2)nc1. The van der Waals surface area contributed by atoms with Crippen LogP contribution >= 0.6 is 0 Å². The number of benzene rings is 1. The molecule has 2 rings (SSSR count). The monoisotopic (exact) mass is 302 g/mol. The zero-order valence-corrected chi connectivity index (χ0v) is 13.0. The number of aromatic nitrogens is 1. The average Bonchev–Trinajstić information content (AvgIpc) is 2.55. The van der Waals surface area contributed by atoms with Crippen molar-refractivity contribution < 1.29 is 14.2 Å². The Balaban J connectivity index is 1.79. The highest BCUT2D eigenvalue weighted by Crippen LogP contribution is 2.16. The Kier molecular flexibility index (Phi) is 6.18. The molecule has 0 bridgehead atoms. The molecular weight excluding hydrogens is 280 g/mol. The molecule has 2 N–H and O–H groups in total. The first-order valence-corrected chi connectivity index (χ1v) is 7.22. The highest BCUT2D eigenvalue weighted by atomic mass is 16.7. The molecule has 22 heavy (non-hydrogen) atoms. The number of pyridine rings is 1. The molecule has 1 atom stereocenters. The third kappa shape index (κ3) is 5.02. The van der Waals surface area contributed by atoms with E-state index < -0.39 is 0 Å². The van der Waals surface area contributed by atoms with Gasteiger partial charge in [-0.05, 0) is 42.8 Å². The van der Waals surface area contributed by atoms with Crippen molar-refractivity contribution in [1.82, 2.24) is 4.98 Å². The number of hydrogen-bond acceptors (Lipinski definition) is 5. The summed E-state index contributed by atoms with van der Waals surface area (Å²) in [5.74, 6) is 0.812. The molecule has 0 fully saturated rings. The van der Waals surface area contributed by atoms with E-state index in [4.69, 9.17) is 19.9 Å². The molecule has 1 heterocycles. The van der Waals surface area contributed by atoms with Crippen molar-refractivity contribution in [3.8, 4) is 5.75 Å². The van der Waals surface area contributed by atoms with Crippen molar-refractivity contribution >= 4 is 5.69 Å².